The monoisotopic (exact) mass is 724 g/mol. The maximum Gasteiger partial charge on any atom is 0.149 e. The normalized spacial score (nSPS) is 13.5. The summed E-state index contributed by atoms with van der Waals surface area (Å²) >= 11 is 0. The number of nitrogens with zero attached hydrogens (tertiary/aromatic N) is 5. The molecule has 0 N–H and O–H groups in total. The van der Waals surface area contributed by atoms with Crippen LogP contribution >= 0.6 is 0 Å². The summed E-state index contributed by atoms with van der Waals surface area (Å²) in [4.78, 5) is 2.67. The second-order valence-corrected chi connectivity index (χ2v) is 15.3. The van der Waals surface area contributed by atoms with Crippen LogP contribution in [0.2, 0.25) is 0 Å². The van der Waals surface area contributed by atoms with Crippen LogP contribution in [0.15, 0.2) is 81.1 Å². The zero-order chi connectivity index (χ0) is 38.3. The van der Waals surface area contributed by atoms with Crippen molar-refractivity contribution in [3.8, 4) is 5.75 Å². The van der Waals surface area contributed by atoms with Gasteiger partial charge in [-0.1, -0.05) is 125 Å². The van der Waals surface area contributed by atoms with Gasteiger partial charge >= 0.3 is 0 Å². The molecule has 0 radical (unpaired) electrons. The Morgan fingerprint density at radius 2 is 1.08 bits per heavy atom. The van der Waals surface area contributed by atoms with Crippen molar-refractivity contribution >= 4 is 28.4 Å². The second-order valence-electron chi connectivity index (χ2n) is 15.3. The number of unbranched alkanes of at least 4 members (excludes halogenated alkanes) is 4. The Morgan fingerprint density at radius 3 is 1.64 bits per heavy atom. The van der Waals surface area contributed by atoms with Crippen molar-refractivity contribution in [1.29, 1.82) is 0 Å². The van der Waals surface area contributed by atoms with E-state index in [1.54, 1.807) is 0 Å². The van der Waals surface area contributed by atoms with Crippen LogP contribution < -0.4 is 9.64 Å². The van der Waals surface area contributed by atoms with Crippen LogP contribution in [0.5, 0.6) is 5.75 Å². The van der Waals surface area contributed by atoms with Crippen LogP contribution in [0.4, 0.5) is 28.4 Å². The van der Waals surface area contributed by atoms with Gasteiger partial charge in [0.15, 0.2) is 0 Å². The molecule has 0 spiro atoms. The van der Waals surface area contributed by atoms with E-state index in [9.17, 15) is 0 Å². The zero-order valence-electron chi connectivity index (χ0n) is 34.9. The van der Waals surface area contributed by atoms with Gasteiger partial charge in [0.25, 0.3) is 0 Å². The number of hydrogen-bond donors (Lipinski definition) is 0. The van der Waals surface area contributed by atoms with Gasteiger partial charge in [-0.15, -0.1) is 5.11 Å². The summed E-state index contributed by atoms with van der Waals surface area (Å²) in [6.07, 6.45) is 18.3. The number of anilines is 1. The molecule has 3 atom stereocenters. The van der Waals surface area contributed by atoms with E-state index < -0.39 is 0 Å². The van der Waals surface area contributed by atoms with E-state index in [1.165, 1.54) is 88.3 Å². The Labute approximate surface area is 324 Å². The Morgan fingerprint density at radius 1 is 0.547 bits per heavy atom. The first-order chi connectivity index (χ1) is 25.9. The summed E-state index contributed by atoms with van der Waals surface area (Å²) in [5.41, 5.74) is 6.97. The minimum absolute atomic E-state index is 0.500. The minimum atomic E-state index is 0.500. The molecule has 53 heavy (non-hydrogen) atoms. The van der Waals surface area contributed by atoms with Crippen LogP contribution in [0, 0.1) is 24.7 Å². The molecule has 292 valence electrons. The number of aryl methyl sites for hydroxylation is 2. The Balaban J connectivity index is 1.86. The van der Waals surface area contributed by atoms with Gasteiger partial charge in [0.05, 0.1) is 23.7 Å². The predicted molar refractivity (Wildman–Crippen MR) is 229 cm³/mol. The molecule has 3 unspecified atom stereocenters. The van der Waals surface area contributed by atoms with Gasteiger partial charge in [-0.3, -0.25) is 0 Å². The lowest BCUT2D eigenvalue weighted by Crippen LogP contribution is -2.34. The van der Waals surface area contributed by atoms with Gasteiger partial charge < -0.3 is 9.64 Å². The molecule has 3 aromatic rings. The highest BCUT2D eigenvalue weighted by Crippen LogP contribution is 2.36. The van der Waals surface area contributed by atoms with E-state index in [0.29, 0.717) is 35.8 Å². The lowest BCUT2D eigenvalue weighted by atomic mass is 9.95. The van der Waals surface area contributed by atoms with Crippen molar-refractivity contribution in [3.63, 3.8) is 0 Å². The number of benzene rings is 3. The van der Waals surface area contributed by atoms with E-state index in [-0.39, 0.29) is 0 Å². The van der Waals surface area contributed by atoms with Crippen molar-refractivity contribution in [2.75, 3.05) is 24.6 Å². The smallest absolute Gasteiger partial charge is 0.149 e. The highest BCUT2D eigenvalue weighted by atomic mass is 16.5. The first-order valence-electron chi connectivity index (χ1n) is 21.4. The molecule has 0 amide bonds. The Hall–Kier alpha value is -3.54. The molecule has 3 aromatic carbocycles. The van der Waals surface area contributed by atoms with Crippen molar-refractivity contribution in [2.45, 2.75) is 152 Å². The summed E-state index contributed by atoms with van der Waals surface area (Å²) in [5, 5.41) is 18.7. The van der Waals surface area contributed by atoms with E-state index >= 15 is 0 Å². The van der Waals surface area contributed by atoms with Crippen molar-refractivity contribution in [2.24, 2.45) is 38.2 Å². The van der Waals surface area contributed by atoms with Crippen LogP contribution in [0.1, 0.15) is 149 Å². The third kappa shape index (κ3) is 15.8. The van der Waals surface area contributed by atoms with Crippen LogP contribution in [-0.2, 0) is 6.42 Å². The largest absolute Gasteiger partial charge is 0.491 e. The van der Waals surface area contributed by atoms with E-state index in [4.69, 9.17) is 15.0 Å². The fourth-order valence-corrected chi connectivity index (χ4v) is 6.89. The molecule has 0 aliphatic carbocycles. The highest BCUT2D eigenvalue weighted by molar-refractivity contribution is 5.60. The van der Waals surface area contributed by atoms with Crippen molar-refractivity contribution < 1.29 is 4.74 Å². The highest BCUT2D eigenvalue weighted by Gasteiger charge is 2.18. The lowest BCUT2D eigenvalue weighted by molar-refractivity contribution is 0.234. The molecule has 0 aliphatic heterocycles. The van der Waals surface area contributed by atoms with Crippen LogP contribution in [0.3, 0.4) is 0 Å². The van der Waals surface area contributed by atoms with Gasteiger partial charge in [0, 0.05) is 24.8 Å². The summed E-state index contributed by atoms with van der Waals surface area (Å²) in [5.74, 6) is 2.63. The molecule has 0 aliphatic rings. The molecular formula is C47H73N5O. The fraction of sp³-hybridized carbons (Fsp3) is 0.617. The lowest BCUT2D eigenvalue weighted by Gasteiger charge is -2.33. The molecule has 0 aromatic heterocycles. The Bertz CT molecular complexity index is 1460. The van der Waals surface area contributed by atoms with Crippen molar-refractivity contribution in [1.82, 2.24) is 0 Å². The van der Waals surface area contributed by atoms with E-state index in [1.807, 2.05) is 30.3 Å². The maximum absolute atomic E-state index is 6.47. The number of hydrogen-bond acceptors (Lipinski definition) is 6. The SMILES string of the molecule is CCCCc1ccc(/N=N/c2ccc(/N=N/c3ccc(N(CC(CC)CCCC)CC(CC)CCCC)cc3C)cc2OCC(CC)CCCC)cc1. The van der Waals surface area contributed by atoms with Gasteiger partial charge in [0.2, 0.25) is 0 Å². The average Bonchev–Trinajstić information content (AvgIpc) is 3.19. The predicted octanol–water partition coefficient (Wildman–Crippen LogP) is 16.0. The Kier molecular flexibility index (Phi) is 21.1. The van der Waals surface area contributed by atoms with E-state index in [2.05, 4.69) is 101 Å². The van der Waals surface area contributed by atoms with E-state index in [0.717, 1.165) is 55.0 Å². The third-order valence-electron chi connectivity index (χ3n) is 10.9. The molecule has 0 fully saturated rings. The molecule has 0 saturated heterocycles. The fourth-order valence-electron chi connectivity index (χ4n) is 6.89. The first kappa shape index (κ1) is 43.9. The zero-order valence-corrected chi connectivity index (χ0v) is 34.9. The molecular weight excluding hydrogens is 651 g/mol. The molecule has 3 rings (SSSR count). The number of rotatable bonds is 27. The molecule has 0 saturated carbocycles. The minimum Gasteiger partial charge on any atom is -0.491 e. The average molecular weight is 724 g/mol. The van der Waals surface area contributed by atoms with Gasteiger partial charge in [-0.2, -0.15) is 15.3 Å². The van der Waals surface area contributed by atoms with Crippen LogP contribution in [0.25, 0.3) is 0 Å². The van der Waals surface area contributed by atoms with Crippen LogP contribution in [-0.4, -0.2) is 19.7 Å². The molecule has 0 heterocycles. The standard InChI is InChI=1S/C47H73N5O/c1-9-16-20-38(13-5)34-52(35-39(14-6)21-17-10-2)44-29-31-45(37(8)32-44)50-49-43-28-30-46(47(33-43)53-36-40(15-7)22-18-11-3)51-48-42-26-24-41(25-27-42)23-19-12-4/h24-33,38-40H,9-23,34-36H2,1-8H3/b50-49+,51-48+. The van der Waals surface area contributed by atoms with Crippen molar-refractivity contribution in [3.05, 3.63) is 71.8 Å². The third-order valence-corrected chi connectivity index (χ3v) is 10.9. The number of ether oxygens (including phenoxy) is 1. The quantitative estimate of drug-likeness (QED) is 0.0735. The summed E-state index contributed by atoms with van der Waals surface area (Å²) in [6, 6.07) is 21.0. The number of azo groups is 2. The summed E-state index contributed by atoms with van der Waals surface area (Å²) < 4.78 is 6.47. The summed E-state index contributed by atoms with van der Waals surface area (Å²) in [6.45, 7) is 21.1. The molecule has 0 bridgehead atoms. The topological polar surface area (TPSA) is 61.9 Å². The first-order valence-corrected chi connectivity index (χ1v) is 21.4. The van der Waals surface area contributed by atoms with Gasteiger partial charge in [0.1, 0.15) is 11.4 Å². The summed E-state index contributed by atoms with van der Waals surface area (Å²) in [7, 11) is 0. The van der Waals surface area contributed by atoms with Gasteiger partial charge in [-0.05, 0) is 110 Å². The molecule has 6 heteroatoms. The maximum atomic E-state index is 6.47. The molecule has 6 nitrogen and oxygen atoms in total. The van der Waals surface area contributed by atoms with Gasteiger partial charge in [-0.25, -0.2) is 0 Å². The second kappa shape index (κ2) is 25.5.